The van der Waals surface area contributed by atoms with Gasteiger partial charge in [-0.05, 0) is 48.9 Å². The maximum absolute atomic E-state index is 12.1. The molecule has 4 N–H and O–H groups in total. The summed E-state index contributed by atoms with van der Waals surface area (Å²) < 4.78 is 0.959. The summed E-state index contributed by atoms with van der Waals surface area (Å²) in [7, 11) is 0. The topological polar surface area (TPSA) is 83.8 Å². The molecule has 5 nitrogen and oxygen atoms in total. The van der Waals surface area contributed by atoms with E-state index in [-0.39, 0.29) is 5.56 Å². The minimum Gasteiger partial charge on any atom is -0.399 e. The van der Waals surface area contributed by atoms with Crippen molar-refractivity contribution in [2.45, 2.75) is 6.92 Å². The molecule has 0 unspecified atom stereocenters. The maximum atomic E-state index is 12.1. The molecule has 0 aliphatic rings. The number of aromatic nitrogens is 2. The Kier molecular flexibility index (Phi) is 3.39. The van der Waals surface area contributed by atoms with Gasteiger partial charge >= 0.3 is 0 Å². The summed E-state index contributed by atoms with van der Waals surface area (Å²) in [6.45, 7) is 2.00. The highest BCUT2D eigenvalue weighted by atomic mass is 79.9. The lowest BCUT2D eigenvalue weighted by Crippen LogP contribution is -2.11. The molecule has 0 bridgehead atoms. The second kappa shape index (κ2) is 5.21. The van der Waals surface area contributed by atoms with Crippen molar-refractivity contribution < 1.29 is 0 Å². The molecule has 0 fully saturated rings. The minimum absolute atomic E-state index is 0.221. The highest BCUT2D eigenvalue weighted by Gasteiger charge is 2.05. The summed E-state index contributed by atoms with van der Waals surface area (Å²) >= 11 is 3.44. The van der Waals surface area contributed by atoms with Crippen molar-refractivity contribution in [1.82, 2.24) is 9.97 Å². The molecule has 3 rings (SSSR count). The van der Waals surface area contributed by atoms with Crippen molar-refractivity contribution >= 4 is 44.2 Å². The molecule has 0 amide bonds. The maximum Gasteiger partial charge on any atom is 0.260 e. The first-order chi connectivity index (χ1) is 10.0. The Morgan fingerprint density at radius 3 is 2.81 bits per heavy atom. The zero-order valence-corrected chi connectivity index (χ0v) is 12.9. The number of benzene rings is 2. The molecular formula is C15H13BrN4O. The van der Waals surface area contributed by atoms with Crippen molar-refractivity contribution in [3.63, 3.8) is 0 Å². The van der Waals surface area contributed by atoms with Gasteiger partial charge in [-0.15, -0.1) is 0 Å². The van der Waals surface area contributed by atoms with Gasteiger partial charge in [-0.1, -0.05) is 15.9 Å². The van der Waals surface area contributed by atoms with E-state index in [2.05, 4.69) is 31.2 Å². The van der Waals surface area contributed by atoms with E-state index in [9.17, 15) is 4.79 Å². The molecule has 1 aromatic heterocycles. The van der Waals surface area contributed by atoms with Crippen molar-refractivity contribution in [1.29, 1.82) is 0 Å². The molecule has 0 saturated heterocycles. The lowest BCUT2D eigenvalue weighted by Gasteiger charge is -2.08. The number of fused-ring (bicyclic) bond motifs is 1. The number of hydrogen-bond acceptors (Lipinski definition) is 4. The Hall–Kier alpha value is -2.34. The molecule has 6 heteroatoms. The number of nitrogens with one attached hydrogen (secondary N) is 2. The van der Waals surface area contributed by atoms with Gasteiger partial charge in [0.25, 0.3) is 5.56 Å². The third-order valence-corrected chi connectivity index (χ3v) is 3.49. The average molecular weight is 345 g/mol. The summed E-state index contributed by atoms with van der Waals surface area (Å²) in [6, 6.07) is 11.0. The van der Waals surface area contributed by atoms with E-state index in [1.165, 1.54) is 0 Å². The number of nitrogens with two attached hydrogens (primary N) is 1. The van der Waals surface area contributed by atoms with E-state index < -0.39 is 0 Å². The number of anilines is 3. The first-order valence-corrected chi connectivity index (χ1v) is 7.14. The number of rotatable bonds is 2. The van der Waals surface area contributed by atoms with E-state index in [0.29, 0.717) is 22.5 Å². The predicted octanol–water partition coefficient (Wildman–Crippen LogP) is 3.32. The summed E-state index contributed by atoms with van der Waals surface area (Å²) in [5, 5.41) is 3.58. The number of nitrogens with zero attached hydrogens (tertiary/aromatic N) is 1. The Morgan fingerprint density at radius 1 is 1.24 bits per heavy atom. The zero-order valence-electron chi connectivity index (χ0n) is 11.3. The van der Waals surface area contributed by atoms with Crippen LogP contribution in [0.3, 0.4) is 0 Å². The van der Waals surface area contributed by atoms with Gasteiger partial charge < -0.3 is 11.1 Å². The third-order valence-electron chi connectivity index (χ3n) is 3.03. The molecule has 2 aromatic carbocycles. The quantitative estimate of drug-likeness (QED) is 0.622. The predicted molar refractivity (Wildman–Crippen MR) is 88.9 cm³/mol. The molecule has 106 valence electrons. The van der Waals surface area contributed by atoms with Crippen LogP contribution in [-0.4, -0.2) is 9.97 Å². The van der Waals surface area contributed by atoms with Crippen LogP contribution in [0.4, 0.5) is 17.3 Å². The van der Waals surface area contributed by atoms with Crippen LogP contribution in [0, 0.1) is 6.92 Å². The number of aryl methyl sites for hydroxylation is 1. The molecule has 0 atom stereocenters. The number of H-pyrrole nitrogens is 1. The molecule has 0 aliphatic carbocycles. The Labute approximate surface area is 129 Å². The highest BCUT2D eigenvalue weighted by molar-refractivity contribution is 9.10. The largest absolute Gasteiger partial charge is 0.399 e. The fraction of sp³-hybridized carbons (Fsp3) is 0.0667. The number of aromatic amines is 1. The second-order valence-electron chi connectivity index (χ2n) is 4.83. The van der Waals surface area contributed by atoms with Crippen molar-refractivity contribution in [2.75, 3.05) is 11.1 Å². The standard InChI is InChI=1S/C15H13BrN4O/c1-8-4-9(16)6-11(5-8)18-15-19-13-3-2-10(17)7-12(13)14(21)20-15/h2-7H,17H2,1H3,(H2,18,19,20,21). The second-order valence-corrected chi connectivity index (χ2v) is 5.75. The van der Waals surface area contributed by atoms with E-state index in [1.807, 2.05) is 25.1 Å². The van der Waals surface area contributed by atoms with Crippen molar-refractivity contribution in [2.24, 2.45) is 0 Å². The first kappa shape index (κ1) is 13.6. The Balaban J connectivity index is 2.05. The van der Waals surface area contributed by atoms with Gasteiger partial charge in [-0.2, -0.15) is 0 Å². The van der Waals surface area contributed by atoms with Gasteiger partial charge in [-0.3, -0.25) is 9.78 Å². The Morgan fingerprint density at radius 2 is 2.05 bits per heavy atom. The molecule has 3 aromatic rings. The fourth-order valence-corrected chi connectivity index (χ4v) is 2.77. The molecule has 0 spiro atoms. The summed E-state index contributed by atoms with van der Waals surface area (Å²) in [6.07, 6.45) is 0. The van der Waals surface area contributed by atoms with E-state index >= 15 is 0 Å². The van der Waals surface area contributed by atoms with E-state index in [1.54, 1.807) is 18.2 Å². The van der Waals surface area contributed by atoms with E-state index in [0.717, 1.165) is 15.7 Å². The van der Waals surface area contributed by atoms with Gasteiger partial charge in [0.1, 0.15) is 0 Å². The van der Waals surface area contributed by atoms with Crippen LogP contribution in [0.1, 0.15) is 5.56 Å². The van der Waals surface area contributed by atoms with Gasteiger partial charge in [0.2, 0.25) is 5.95 Å². The monoisotopic (exact) mass is 344 g/mol. The molecule has 0 radical (unpaired) electrons. The van der Waals surface area contributed by atoms with Crippen LogP contribution in [0.15, 0.2) is 45.7 Å². The highest BCUT2D eigenvalue weighted by Crippen LogP contribution is 2.21. The normalized spacial score (nSPS) is 10.8. The smallest absolute Gasteiger partial charge is 0.260 e. The molecular weight excluding hydrogens is 332 g/mol. The van der Waals surface area contributed by atoms with E-state index in [4.69, 9.17) is 5.73 Å². The fourth-order valence-electron chi connectivity index (χ4n) is 2.16. The first-order valence-electron chi connectivity index (χ1n) is 6.35. The summed E-state index contributed by atoms with van der Waals surface area (Å²) in [5.74, 6) is 0.398. The number of halogens is 1. The molecule has 21 heavy (non-hydrogen) atoms. The van der Waals surface area contributed by atoms with Crippen molar-refractivity contribution in [3.05, 3.63) is 56.8 Å². The minimum atomic E-state index is -0.221. The van der Waals surface area contributed by atoms with Crippen LogP contribution in [0.5, 0.6) is 0 Å². The van der Waals surface area contributed by atoms with Gasteiger partial charge in [0.05, 0.1) is 10.9 Å². The number of hydrogen-bond donors (Lipinski definition) is 3. The van der Waals surface area contributed by atoms with Crippen LogP contribution in [0.2, 0.25) is 0 Å². The van der Waals surface area contributed by atoms with Gasteiger partial charge in [-0.25, -0.2) is 4.98 Å². The lowest BCUT2D eigenvalue weighted by atomic mass is 10.2. The molecule has 1 heterocycles. The van der Waals surface area contributed by atoms with Gasteiger partial charge in [0.15, 0.2) is 0 Å². The van der Waals surface area contributed by atoms with Crippen LogP contribution >= 0.6 is 15.9 Å². The molecule has 0 aliphatic heterocycles. The van der Waals surface area contributed by atoms with Crippen LogP contribution in [-0.2, 0) is 0 Å². The Bertz CT molecular complexity index is 868. The SMILES string of the molecule is Cc1cc(Br)cc(Nc2nc3ccc(N)cc3c(=O)[nH]2)c1. The summed E-state index contributed by atoms with van der Waals surface area (Å²) in [5.41, 5.74) is 8.55. The lowest BCUT2D eigenvalue weighted by molar-refractivity contribution is 1.17. The molecule has 0 saturated carbocycles. The summed E-state index contributed by atoms with van der Waals surface area (Å²) in [4.78, 5) is 19.2. The average Bonchev–Trinajstić information content (AvgIpc) is 2.38. The third kappa shape index (κ3) is 2.90. The van der Waals surface area contributed by atoms with Crippen LogP contribution in [0.25, 0.3) is 10.9 Å². The zero-order chi connectivity index (χ0) is 15.0. The van der Waals surface area contributed by atoms with Gasteiger partial charge in [0, 0.05) is 15.8 Å². The van der Waals surface area contributed by atoms with Crippen molar-refractivity contribution in [3.8, 4) is 0 Å². The number of nitrogen functional groups attached to an aromatic ring is 1. The van der Waals surface area contributed by atoms with Crippen LogP contribution < -0.4 is 16.6 Å².